The smallest absolute Gasteiger partial charge is 0.231 e. The molecule has 0 rings (SSSR count). The molecule has 0 aliphatic carbocycles. The second kappa shape index (κ2) is 22.7. The van der Waals surface area contributed by atoms with Gasteiger partial charge < -0.3 is 4.90 Å². The summed E-state index contributed by atoms with van der Waals surface area (Å²) in [6.07, 6.45) is 20.3. The molecule has 0 saturated carbocycles. The van der Waals surface area contributed by atoms with Crippen LogP contribution in [-0.2, 0) is 4.79 Å². The van der Waals surface area contributed by atoms with Crippen LogP contribution in [0.4, 0.5) is 0 Å². The second-order valence-corrected chi connectivity index (χ2v) is 7.24. The fraction of sp³-hybridized carbons (Fsp3) is 0.950. The van der Waals surface area contributed by atoms with Gasteiger partial charge in [0.2, 0.25) is 5.91 Å². The molecule has 0 unspecified atom stereocenters. The summed E-state index contributed by atoms with van der Waals surface area (Å²) < 4.78 is 0. The summed E-state index contributed by atoms with van der Waals surface area (Å²) in [5, 5.41) is 0. The molecule has 0 bridgehead atoms. The largest absolute Gasteiger partial charge is 0.309 e. The third kappa shape index (κ3) is 29.7. The molecule has 3 nitrogen and oxygen atoms in total. The van der Waals surface area contributed by atoms with Crippen LogP contribution in [-0.4, -0.2) is 31.4 Å². The zero-order valence-corrected chi connectivity index (χ0v) is 17.6. The van der Waals surface area contributed by atoms with Crippen LogP contribution in [0.25, 0.3) is 0 Å². The molecule has 4 heteroatoms. The van der Waals surface area contributed by atoms with Gasteiger partial charge in [0.15, 0.2) is 0 Å². The molecule has 0 atom stereocenters. The molecule has 0 aromatic rings. The first-order valence-electron chi connectivity index (χ1n) is 10.1. The van der Waals surface area contributed by atoms with Gasteiger partial charge in [-0.2, -0.15) is 0 Å². The van der Waals surface area contributed by atoms with Crippen molar-refractivity contribution in [3.05, 3.63) is 0 Å². The van der Waals surface area contributed by atoms with Gasteiger partial charge in [-0.15, -0.1) is 0 Å². The Labute approximate surface area is 157 Å². The van der Waals surface area contributed by atoms with Crippen LogP contribution in [0.2, 0.25) is 0 Å². The Kier molecular flexibility index (Phi) is 24.6. The molecule has 0 aromatic heterocycles. The highest BCUT2D eigenvalue weighted by Crippen LogP contribution is 2.12. The average molecular weight is 363 g/mol. The van der Waals surface area contributed by atoms with E-state index in [2.05, 4.69) is 25.9 Å². The molecular formula is C20H43ClN2O. The summed E-state index contributed by atoms with van der Waals surface area (Å²) in [6, 6.07) is 0. The molecule has 0 spiro atoms. The first-order valence-corrected chi connectivity index (χ1v) is 10.4. The predicted molar refractivity (Wildman–Crippen MR) is 109 cm³/mol. The van der Waals surface area contributed by atoms with Gasteiger partial charge in [0.1, 0.15) is 0 Å². The van der Waals surface area contributed by atoms with Crippen molar-refractivity contribution in [3.8, 4) is 0 Å². The highest BCUT2D eigenvalue weighted by Gasteiger charge is 1.94. The van der Waals surface area contributed by atoms with E-state index in [1.54, 1.807) is 0 Å². The van der Waals surface area contributed by atoms with E-state index in [0.717, 1.165) is 0 Å². The van der Waals surface area contributed by atoms with Crippen LogP contribution < -0.4 is 4.84 Å². The predicted octanol–water partition coefficient (Wildman–Crippen LogP) is 6.31. The number of halogens is 1. The first kappa shape index (κ1) is 26.0. The monoisotopic (exact) mass is 362 g/mol. The zero-order valence-electron chi connectivity index (χ0n) is 16.8. The van der Waals surface area contributed by atoms with E-state index in [1.807, 2.05) is 4.84 Å². The topological polar surface area (TPSA) is 32.3 Å². The molecule has 0 aliphatic rings. The van der Waals surface area contributed by atoms with Crippen LogP contribution in [0.1, 0.15) is 104 Å². The lowest BCUT2D eigenvalue weighted by atomic mass is 10.0. The number of amides is 1. The Bertz CT molecular complexity index is 248. The summed E-state index contributed by atoms with van der Waals surface area (Å²) in [4.78, 5) is 13.7. The Hall–Kier alpha value is -0.280. The van der Waals surface area contributed by atoms with E-state index in [-0.39, 0.29) is 5.91 Å². The minimum Gasteiger partial charge on any atom is -0.309 e. The van der Waals surface area contributed by atoms with E-state index >= 15 is 0 Å². The van der Waals surface area contributed by atoms with Crippen molar-refractivity contribution in [2.24, 2.45) is 0 Å². The van der Waals surface area contributed by atoms with Gasteiger partial charge >= 0.3 is 0 Å². The standard InChI is InChI=1S/C18H39N.C2H4ClNO/c1-4-5-6-7-8-9-10-11-12-13-14-15-16-17-18-19(2)3;1-2(5)4-3/h4-18H2,1-3H3;1H3,(H,4,5). The minimum absolute atomic E-state index is 0.230. The number of carbonyl (C=O) groups excluding carboxylic acids is 1. The average Bonchev–Trinajstić information content (AvgIpc) is 2.55. The van der Waals surface area contributed by atoms with Gasteiger partial charge in [0, 0.05) is 18.7 Å². The summed E-state index contributed by atoms with van der Waals surface area (Å²) in [5.41, 5.74) is 0. The van der Waals surface area contributed by atoms with E-state index in [0.29, 0.717) is 0 Å². The van der Waals surface area contributed by atoms with Crippen molar-refractivity contribution in [1.29, 1.82) is 0 Å². The number of unbranched alkanes of at least 4 members (excludes halogenated alkanes) is 13. The Balaban J connectivity index is 0. The van der Waals surface area contributed by atoms with Gasteiger partial charge in [-0.05, 0) is 27.1 Å². The summed E-state index contributed by atoms with van der Waals surface area (Å²) in [5.74, 6) is -0.230. The van der Waals surface area contributed by atoms with Crippen molar-refractivity contribution in [3.63, 3.8) is 0 Å². The van der Waals surface area contributed by atoms with Crippen molar-refractivity contribution in [1.82, 2.24) is 9.74 Å². The molecule has 0 aliphatic heterocycles. The summed E-state index contributed by atoms with van der Waals surface area (Å²) in [7, 11) is 4.34. The molecule has 0 heterocycles. The van der Waals surface area contributed by atoms with E-state index < -0.39 is 0 Å². The van der Waals surface area contributed by atoms with Gasteiger partial charge in [-0.1, -0.05) is 90.4 Å². The summed E-state index contributed by atoms with van der Waals surface area (Å²) >= 11 is 4.74. The Morgan fingerprint density at radius 2 is 1.04 bits per heavy atom. The number of hydrogen-bond donors (Lipinski definition) is 1. The molecule has 0 saturated heterocycles. The first-order chi connectivity index (χ1) is 11.5. The van der Waals surface area contributed by atoms with Crippen LogP contribution in [0.5, 0.6) is 0 Å². The number of nitrogens with one attached hydrogen (secondary N) is 1. The van der Waals surface area contributed by atoms with Gasteiger partial charge in [0.25, 0.3) is 0 Å². The van der Waals surface area contributed by atoms with E-state index in [9.17, 15) is 4.79 Å². The highest BCUT2D eigenvalue weighted by atomic mass is 35.5. The lowest BCUT2D eigenvalue weighted by Crippen LogP contribution is -2.12. The molecule has 1 amide bonds. The maximum atomic E-state index is 9.57. The Morgan fingerprint density at radius 1 is 0.750 bits per heavy atom. The highest BCUT2D eigenvalue weighted by molar-refractivity contribution is 6.20. The molecule has 146 valence electrons. The number of rotatable bonds is 15. The third-order valence-electron chi connectivity index (χ3n) is 4.09. The zero-order chi connectivity index (χ0) is 18.5. The lowest BCUT2D eigenvalue weighted by molar-refractivity contribution is -0.117. The molecule has 0 radical (unpaired) electrons. The van der Waals surface area contributed by atoms with Gasteiger partial charge in [-0.25, -0.2) is 0 Å². The number of carbonyl (C=O) groups is 1. The van der Waals surface area contributed by atoms with Crippen LogP contribution in [0, 0.1) is 0 Å². The minimum atomic E-state index is -0.230. The van der Waals surface area contributed by atoms with Crippen molar-refractivity contribution >= 4 is 17.7 Å². The van der Waals surface area contributed by atoms with Crippen molar-refractivity contribution in [2.75, 3.05) is 20.6 Å². The third-order valence-corrected chi connectivity index (χ3v) is 4.36. The molecule has 0 aromatic carbocycles. The summed E-state index contributed by atoms with van der Waals surface area (Å²) in [6.45, 7) is 4.89. The van der Waals surface area contributed by atoms with Gasteiger partial charge in [0.05, 0.1) is 0 Å². The quantitative estimate of drug-likeness (QED) is 0.273. The molecule has 0 fully saturated rings. The number of hydrogen-bond acceptors (Lipinski definition) is 2. The normalized spacial score (nSPS) is 10.4. The van der Waals surface area contributed by atoms with Crippen LogP contribution >= 0.6 is 11.8 Å². The van der Waals surface area contributed by atoms with Crippen LogP contribution in [0.3, 0.4) is 0 Å². The number of nitrogens with zero attached hydrogens (tertiary/aromatic N) is 1. The van der Waals surface area contributed by atoms with E-state index in [1.165, 1.54) is 103 Å². The van der Waals surface area contributed by atoms with Crippen molar-refractivity contribution < 1.29 is 4.79 Å². The maximum absolute atomic E-state index is 9.57. The van der Waals surface area contributed by atoms with Gasteiger partial charge in [-0.3, -0.25) is 9.63 Å². The molecule has 1 N–H and O–H groups in total. The fourth-order valence-corrected chi connectivity index (χ4v) is 2.62. The molecule has 24 heavy (non-hydrogen) atoms. The van der Waals surface area contributed by atoms with Crippen LogP contribution in [0.15, 0.2) is 0 Å². The van der Waals surface area contributed by atoms with E-state index in [4.69, 9.17) is 11.8 Å². The second-order valence-electron chi connectivity index (χ2n) is 7.05. The Morgan fingerprint density at radius 3 is 1.29 bits per heavy atom. The van der Waals surface area contributed by atoms with Crippen molar-refractivity contribution in [2.45, 2.75) is 104 Å². The molecular weight excluding hydrogens is 320 g/mol. The maximum Gasteiger partial charge on any atom is 0.231 e. The lowest BCUT2D eigenvalue weighted by Gasteiger charge is -2.08. The fourth-order valence-electron chi connectivity index (χ4n) is 2.62. The SMILES string of the molecule is CC(=O)NCl.CCCCCCCCCCCCCCCCN(C)C.